The van der Waals surface area contributed by atoms with E-state index < -0.39 is 5.97 Å². The van der Waals surface area contributed by atoms with Crippen molar-refractivity contribution < 1.29 is 9.90 Å². The number of fused-ring (bicyclic) bond motifs is 1. The summed E-state index contributed by atoms with van der Waals surface area (Å²) in [5.74, 6) is -0.909. The second-order valence-corrected chi connectivity index (χ2v) is 4.19. The first-order valence-electron chi connectivity index (χ1n) is 5.44. The summed E-state index contributed by atoms with van der Waals surface area (Å²) in [7, 11) is 0. The van der Waals surface area contributed by atoms with E-state index in [1.807, 2.05) is 6.07 Å². The lowest BCUT2D eigenvalue weighted by molar-refractivity contribution is 0.0694. The van der Waals surface area contributed by atoms with Gasteiger partial charge in [0.2, 0.25) is 0 Å². The number of nitrogens with zero attached hydrogens (tertiary/aromatic N) is 1. The molecule has 82 valence electrons. The number of carboxylic acid groups (broad SMARTS) is 1. The fourth-order valence-electron chi connectivity index (χ4n) is 2.42. The van der Waals surface area contributed by atoms with Crippen LogP contribution < -0.4 is 0 Å². The molecule has 3 heteroatoms. The van der Waals surface area contributed by atoms with E-state index in [2.05, 4.69) is 6.07 Å². The van der Waals surface area contributed by atoms with Gasteiger partial charge < -0.3 is 5.11 Å². The van der Waals surface area contributed by atoms with Crippen LogP contribution in [0.2, 0.25) is 0 Å². The van der Waals surface area contributed by atoms with Crippen molar-refractivity contribution in [2.75, 3.05) is 0 Å². The molecular formula is C13H13NO2. The molecule has 0 radical (unpaired) electrons. The second-order valence-electron chi connectivity index (χ2n) is 4.19. The molecule has 0 unspecified atom stereocenters. The maximum Gasteiger partial charge on any atom is 0.336 e. The second kappa shape index (κ2) is 3.97. The van der Waals surface area contributed by atoms with E-state index in [1.165, 1.54) is 0 Å². The average Bonchev–Trinajstić information content (AvgIpc) is 2.27. The number of rotatable bonds is 1. The third-order valence-electron chi connectivity index (χ3n) is 3.24. The van der Waals surface area contributed by atoms with Crippen LogP contribution in [0.4, 0.5) is 0 Å². The molecular weight excluding hydrogens is 202 g/mol. The Bertz CT molecular complexity index is 498. The van der Waals surface area contributed by atoms with Crippen LogP contribution in [-0.2, 0) is 12.8 Å². The quantitative estimate of drug-likeness (QED) is 0.782. The first kappa shape index (κ1) is 10.7. The van der Waals surface area contributed by atoms with E-state index in [9.17, 15) is 9.90 Å². The molecule has 1 aromatic rings. The van der Waals surface area contributed by atoms with Crippen molar-refractivity contribution in [3.8, 4) is 6.07 Å². The van der Waals surface area contributed by atoms with Crippen molar-refractivity contribution in [1.82, 2.24) is 0 Å². The van der Waals surface area contributed by atoms with Gasteiger partial charge in [0.15, 0.2) is 0 Å². The molecule has 0 amide bonds. The smallest absolute Gasteiger partial charge is 0.336 e. The van der Waals surface area contributed by atoms with Gasteiger partial charge in [-0.2, -0.15) is 5.26 Å². The maximum atomic E-state index is 11.3. The first-order valence-corrected chi connectivity index (χ1v) is 5.44. The van der Waals surface area contributed by atoms with Crippen molar-refractivity contribution in [1.29, 1.82) is 5.26 Å². The number of nitriles is 1. The van der Waals surface area contributed by atoms with Crippen LogP contribution in [0, 0.1) is 18.3 Å². The summed E-state index contributed by atoms with van der Waals surface area (Å²) >= 11 is 0. The summed E-state index contributed by atoms with van der Waals surface area (Å²) in [4.78, 5) is 11.3. The van der Waals surface area contributed by atoms with Gasteiger partial charge in [-0.05, 0) is 55.4 Å². The predicted molar refractivity (Wildman–Crippen MR) is 59.5 cm³/mol. The van der Waals surface area contributed by atoms with E-state index in [0.717, 1.165) is 36.8 Å². The molecule has 0 saturated carbocycles. The normalized spacial score (nSPS) is 14.0. The highest BCUT2D eigenvalue weighted by Gasteiger charge is 2.21. The molecule has 1 aliphatic rings. The minimum absolute atomic E-state index is 0.355. The molecule has 0 spiro atoms. The maximum absolute atomic E-state index is 11.3. The van der Waals surface area contributed by atoms with Crippen molar-refractivity contribution in [3.05, 3.63) is 33.9 Å². The zero-order valence-electron chi connectivity index (χ0n) is 9.21. The van der Waals surface area contributed by atoms with Crippen LogP contribution in [0.25, 0.3) is 0 Å². The molecule has 16 heavy (non-hydrogen) atoms. The number of aryl methyl sites for hydroxylation is 1. The topological polar surface area (TPSA) is 61.1 Å². The van der Waals surface area contributed by atoms with Gasteiger partial charge in [0.05, 0.1) is 17.2 Å². The monoisotopic (exact) mass is 215 g/mol. The van der Waals surface area contributed by atoms with E-state index in [-0.39, 0.29) is 0 Å². The van der Waals surface area contributed by atoms with Crippen molar-refractivity contribution in [3.63, 3.8) is 0 Å². The van der Waals surface area contributed by atoms with Crippen molar-refractivity contribution >= 4 is 5.97 Å². The van der Waals surface area contributed by atoms with Crippen LogP contribution in [0.15, 0.2) is 6.07 Å². The summed E-state index contributed by atoms with van der Waals surface area (Å²) in [6.07, 6.45) is 3.84. The summed E-state index contributed by atoms with van der Waals surface area (Å²) in [5, 5.41) is 18.2. The molecule has 0 fully saturated rings. The van der Waals surface area contributed by atoms with Crippen LogP contribution in [-0.4, -0.2) is 11.1 Å². The number of hydrogen-bond acceptors (Lipinski definition) is 2. The molecule has 1 aliphatic carbocycles. The Balaban J connectivity index is 2.73. The van der Waals surface area contributed by atoms with Gasteiger partial charge in [-0.25, -0.2) is 4.79 Å². The van der Waals surface area contributed by atoms with Crippen LogP contribution in [0.1, 0.15) is 45.5 Å². The van der Waals surface area contributed by atoms with Crippen molar-refractivity contribution in [2.45, 2.75) is 32.6 Å². The first-order chi connectivity index (χ1) is 7.65. The summed E-state index contributed by atoms with van der Waals surface area (Å²) < 4.78 is 0. The fourth-order valence-corrected chi connectivity index (χ4v) is 2.42. The number of hydrogen-bond donors (Lipinski definition) is 1. The lowest BCUT2D eigenvalue weighted by Crippen LogP contribution is -2.13. The SMILES string of the molecule is Cc1c(C#N)cc2c(c1C(=O)O)CCCC2. The van der Waals surface area contributed by atoms with E-state index in [1.54, 1.807) is 6.92 Å². The van der Waals surface area contributed by atoms with Crippen LogP contribution >= 0.6 is 0 Å². The number of carbonyl (C=O) groups is 1. The highest BCUT2D eigenvalue weighted by atomic mass is 16.4. The Morgan fingerprint density at radius 3 is 2.75 bits per heavy atom. The molecule has 0 saturated heterocycles. The Hall–Kier alpha value is -1.82. The van der Waals surface area contributed by atoms with Crippen LogP contribution in [0.3, 0.4) is 0 Å². The zero-order valence-corrected chi connectivity index (χ0v) is 9.21. The molecule has 1 N–H and O–H groups in total. The third kappa shape index (κ3) is 1.57. The zero-order chi connectivity index (χ0) is 11.7. The fraction of sp³-hybridized carbons (Fsp3) is 0.385. The standard InChI is InChI=1S/C13H13NO2/c1-8-10(7-14)6-9-4-2-3-5-11(9)12(8)13(15)16/h6H,2-5H2,1H3,(H,15,16). The van der Waals surface area contributed by atoms with Gasteiger partial charge in [-0.15, -0.1) is 0 Å². The molecule has 0 aromatic heterocycles. The molecule has 3 nitrogen and oxygen atoms in total. The summed E-state index contributed by atoms with van der Waals surface area (Å²) in [6, 6.07) is 3.93. The van der Waals surface area contributed by atoms with Crippen LogP contribution in [0.5, 0.6) is 0 Å². The van der Waals surface area contributed by atoms with E-state index in [4.69, 9.17) is 5.26 Å². The van der Waals surface area contributed by atoms with E-state index in [0.29, 0.717) is 16.7 Å². The minimum atomic E-state index is -0.909. The Morgan fingerprint density at radius 1 is 1.44 bits per heavy atom. The number of aromatic carboxylic acids is 1. The minimum Gasteiger partial charge on any atom is -0.478 e. The highest BCUT2D eigenvalue weighted by Crippen LogP contribution is 2.29. The van der Waals surface area contributed by atoms with Gasteiger partial charge in [0, 0.05) is 0 Å². The van der Waals surface area contributed by atoms with Crippen molar-refractivity contribution in [2.24, 2.45) is 0 Å². The Labute approximate surface area is 94.3 Å². The Kier molecular flexibility index (Phi) is 2.66. The van der Waals surface area contributed by atoms with Gasteiger partial charge in [-0.3, -0.25) is 0 Å². The highest BCUT2D eigenvalue weighted by molar-refractivity contribution is 5.92. The average molecular weight is 215 g/mol. The third-order valence-corrected chi connectivity index (χ3v) is 3.24. The molecule has 0 aliphatic heterocycles. The van der Waals surface area contributed by atoms with Gasteiger partial charge in [0.25, 0.3) is 0 Å². The van der Waals surface area contributed by atoms with E-state index >= 15 is 0 Å². The lowest BCUT2D eigenvalue weighted by atomic mass is 9.84. The largest absolute Gasteiger partial charge is 0.478 e. The van der Waals surface area contributed by atoms with Gasteiger partial charge in [-0.1, -0.05) is 0 Å². The van der Waals surface area contributed by atoms with Gasteiger partial charge in [0.1, 0.15) is 0 Å². The lowest BCUT2D eigenvalue weighted by Gasteiger charge is -2.20. The number of benzene rings is 1. The molecule has 2 rings (SSSR count). The molecule has 0 heterocycles. The molecule has 1 aromatic carbocycles. The predicted octanol–water partition coefficient (Wildman–Crippen LogP) is 2.44. The summed E-state index contributed by atoms with van der Waals surface area (Å²) in [6.45, 7) is 1.72. The number of carboxylic acids is 1. The molecule has 0 bridgehead atoms. The Morgan fingerprint density at radius 2 is 2.12 bits per heavy atom. The van der Waals surface area contributed by atoms with Gasteiger partial charge >= 0.3 is 5.97 Å². The molecule has 0 atom stereocenters. The summed E-state index contributed by atoms with van der Waals surface area (Å²) in [5.41, 5.74) is 3.45.